The standard InChI is InChI=1S/C17H27N3O4S.C2HF3O2/c1-3-25(22,23)8-7-20-10-14-13(12-24-16(14)11-20)9-18-17(21)15-5-4-6-19(15)2;3-2(4,5)1(6)7/h4-6,13-14,16H,3,7-12H2,1-2H3,(H,18,21);(H,6,7)/t13-,14-,16-;/m1./s1. The van der Waals surface area contributed by atoms with Crippen LogP contribution in [-0.4, -0.2) is 91.4 Å². The predicted octanol–water partition coefficient (Wildman–Crippen LogP) is 0.770. The Morgan fingerprint density at radius 3 is 2.50 bits per heavy atom. The number of nitrogens with one attached hydrogen (secondary N) is 1. The molecule has 9 nitrogen and oxygen atoms in total. The molecule has 32 heavy (non-hydrogen) atoms. The molecule has 0 aliphatic carbocycles. The van der Waals surface area contributed by atoms with E-state index in [1.54, 1.807) is 17.6 Å². The Kier molecular flexibility index (Phi) is 8.71. The number of halogens is 3. The van der Waals surface area contributed by atoms with Crippen molar-refractivity contribution < 1.29 is 41.0 Å². The number of carbonyl (C=O) groups is 2. The average molecular weight is 484 g/mol. The Labute approximate surface area is 184 Å². The van der Waals surface area contributed by atoms with Crippen molar-refractivity contribution in [3.05, 3.63) is 24.0 Å². The van der Waals surface area contributed by atoms with Crippen molar-refractivity contribution in [3.8, 4) is 0 Å². The number of ether oxygens (including phenoxy) is 1. The summed E-state index contributed by atoms with van der Waals surface area (Å²) in [5.74, 6) is -1.79. The Bertz CT molecular complexity index is 902. The van der Waals surface area contributed by atoms with Gasteiger partial charge in [0.25, 0.3) is 5.91 Å². The number of fused-ring (bicyclic) bond motifs is 1. The number of aryl methyl sites for hydroxylation is 1. The van der Waals surface area contributed by atoms with Crippen LogP contribution in [0.15, 0.2) is 18.3 Å². The summed E-state index contributed by atoms with van der Waals surface area (Å²) in [6.07, 6.45) is -3.08. The minimum Gasteiger partial charge on any atom is -0.475 e. The van der Waals surface area contributed by atoms with Crippen LogP contribution in [-0.2, 0) is 26.4 Å². The smallest absolute Gasteiger partial charge is 0.475 e. The highest BCUT2D eigenvalue weighted by molar-refractivity contribution is 7.91. The molecular formula is C19H28F3N3O6S. The van der Waals surface area contributed by atoms with E-state index in [2.05, 4.69) is 10.2 Å². The lowest BCUT2D eigenvalue weighted by molar-refractivity contribution is -0.192. The number of sulfone groups is 1. The molecule has 0 radical (unpaired) electrons. The van der Waals surface area contributed by atoms with Gasteiger partial charge < -0.3 is 19.7 Å². The normalized spacial score (nSPS) is 23.3. The molecule has 0 spiro atoms. The van der Waals surface area contributed by atoms with Crippen LogP contribution in [0.2, 0.25) is 0 Å². The molecular weight excluding hydrogens is 455 g/mol. The first-order valence-corrected chi connectivity index (χ1v) is 11.9. The number of carboxylic acid groups (broad SMARTS) is 1. The second kappa shape index (κ2) is 10.7. The molecule has 3 heterocycles. The third kappa shape index (κ3) is 7.20. The van der Waals surface area contributed by atoms with Gasteiger partial charge in [-0.1, -0.05) is 6.92 Å². The van der Waals surface area contributed by atoms with Crippen LogP contribution in [0.4, 0.5) is 13.2 Å². The van der Waals surface area contributed by atoms with Crippen LogP contribution < -0.4 is 5.32 Å². The molecule has 3 atom stereocenters. The van der Waals surface area contributed by atoms with Gasteiger partial charge in [-0.15, -0.1) is 0 Å². The second-order valence-electron chi connectivity index (χ2n) is 7.81. The second-order valence-corrected chi connectivity index (χ2v) is 10.3. The summed E-state index contributed by atoms with van der Waals surface area (Å²) in [7, 11) is -1.09. The number of aliphatic carboxylic acids is 1. The number of hydrogen-bond acceptors (Lipinski definition) is 6. The number of aromatic nitrogens is 1. The number of likely N-dealkylation sites (tertiary alicyclic amines) is 1. The van der Waals surface area contributed by atoms with Crippen molar-refractivity contribution in [2.75, 3.05) is 44.3 Å². The van der Waals surface area contributed by atoms with Gasteiger partial charge in [0.2, 0.25) is 0 Å². The zero-order valence-electron chi connectivity index (χ0n) is 17.8. The van der Waals surface area contributed by atoms with Gasteiger partial charge in [-0.3, -0.25) is 9.69 Å². The van der Waals surface area contributed by atoms with Crippen molar-refractivity contribution in [3.63, 3.8) is 0 Å². The van der Waals surface area contributed by atoms with Crippen LogP contribution in [0.5, 0.6) is 0 Å². The highest BCUT2D eigenvalue weighted by atomic mass is 32.2. The number of nitrogens with zero attached hydrogens (tertiary/aromatic N) is 2. The highest BCUT2D eigenvalue weighted by Gasteiger charge is 2.43. The van der Waals surface area contributed by atoms with Crippen LogP contribution in [0.3, 0.4) is 0 Å². The Morgan fingerprint density at radius 2 is 1.97 bits per heavy atom. The van der Waals surface area contributed by atoms with Gasteiger partial charge >= 0.3 is 12.1 Å². The van der Waals surface area contributed by atoms with E-state index < -0.39 is 22.0 Å². The SMILES string of the molecule is CCS(=O)(=O)CCN1C[C@@H]2[C@H](CNC(=O)c3cccn3C)CO[C@@H]2C1.O=C(O)C(F)(F)F. The Hall–Kier alpha value is -2.12. The van der Waals surface area contributed by atoms with Crippen LogP contribution in [0.25, 0.3) is 0 Å². The fourth-order valence-corrected chi connectivity index (χ4v) is 4.52. The quantitative estimate of drug-likeness (QED) is 0.588. The number of hydrogen-bond donors (Lipinski definition) is 2. The fraction of sp³-hybridized carbons (Fsp3) is 0.684. The first kappa shape index (κ1) is 26.1. The van der Waals surface area contributed by atoms with Crippen LogP contribution in [0, 0.1) is 11.8 Å². The molecule has 1 amide bonds. The summed E-state index contributed by atoms with van der Waals surface area (Å²) in [5, 5.41) is 10.1. The molecule has 2 fully saturated rings. The predicted molar refractivity (Wildman–Crippen MR) is 109 cm³/mol. The maximum atomic E-state index is 12.2. The molecule has 0 saturated carbocycles. The van der Waals surface area contributed by atoms with E-state index in [4.69, 9.17) is 14.6 Å². The molecule has 2 aliphatic heterocycles. The van der Waals surface area contributed by atoms with E-state index in [0.29, 0.717) is 31.3 Å². The zero-order chi connectivity index (χ0) is 24.1. The van der Waals surface area contributed by atoms with Crippen LogP contribution in [0.1, 0.15) is 17.4 Å². The Balaban J connectivity index is 0.000000451. The third-order valence-corrected chi connectivity index (χ3v) is 7.30. The van der Waals surface area contributed by atoms with Gasteiger partial charge in [0, 0.05) is 57.0 Å². The van der Waals surface area contributed by atoms with E-state index in [9.17, 15) is 26.4 Å². The topological polar surface area (TPSA) is 118 Å². The molecule has 182 valence electrons. The molecule has 2 saturated heterocycles. The number of carbonyl (C=O) groups excluding carboxylic acids is 1. The van der Waals surface area contributed by atoms with Gasteiger partial charge in [0.1, 0.15) is 5.69 Å². The van der Waals surface area contributed by atoms with Crippen molar-refractivity contribution in [1.82, 2.24) is 14.8 Å². The summed E-state index contributed by atoms with van der Waals surface area (Å²) in [4.78, 5) is 23.3. The van der Waals surface area contributed by atoms with Gasteiger partial charge in [-0.2, -0.15) is 13.2 Å². The summed E-state index contributed by atoms with van der Waals surface area (Å²) in [5.41, 5.74) is 0.647. The molecule has 0 bridgehead atoms. The van der Waals surface area contributed by atoms with Gasteiger partial charge in [-0.25, -0.2) is 13.2 Å². The van der Waals surface area contributed by atoms with E-state index in [1.807, 2.05) is 19.3 Å². The molecule has 1 aromatic rings. The Morgan fingerprint density at radius 1 is 1.31 bits per heavy atom. The maximum absolute atomic E-state index is 12.2. The fourth-order valence-electron chi connectivity index (χ4n) is 3.70. The molecule has 1 aromatic heterocycles. The van der Waals surface area contributed by atoms with E-state index in [0.717, 1.165) is 13.1 Å². The van der Waals surface area contributed by atoms with E-state index in [-0.39, 0.29) is 29.4 Å². The molecule has 3 rings (SSSR count). The van der Waals surface area contributed by atoms with Gasteiger partial charge in [0.15, 0.2) is 9.84 Å². The zero-order valence-corrected chi connectivity index (χ0v) is 18.7. The number of amides is 1. The first-order valence-electron chi connectivity index (χ1n) is 10.1. The largest absolute Gasteiger partial charge is 0.490 e. The third-order valence-electron chi connectivity index (χ3n) is 5.62. The number of rotatable bonds is 7. The summed E-state index contributed by atoms with van der Waals surface area (Å²) >= 11 is 0. The summed E-state index contributed by atoms with van der Waals surface area (Å²) in [6, 6.07) is 3.65. The van der Waals surface area contributed by atoms with Crippen molar-refractivity contribution in [2.24, 2.45) is 18.9 Å². The van der Waals surface area contributed by atoms with Gasteiger partial charge in [0.05, 0.1) is 18.5 Å². The van der Waals surface area contributed by atoms with E-state index >= 15 is 0 Å². The summed E-state index contributed by atoms with van der Waals surface area (Å²) in [6.45, 7) is 5.12. The van der Waals surface area contributed by atoms with Crippen molar-refractivity contribution in [1.29, 1.82) is 0 Å². The molecule has 13 heteroatoms. The maximum Gasteiger partial charge on any atom is 0.490 e. The molecule has 0 aromatic carbocycles. The summed E-state index contributed by atoms with van der Waals surface area (Å²) < 4.78 is 62.8. The minimum atomic E-state index is -5.08. The highest BCUT2D eigenvalue weighted by Crippen LogP contribution is 2.33. The lowest BCUT2D eigenvalue weighted by Gasteiger charge is -2.19. The lowest BCUT2D eigenvalue weighted by Crippen LogP contribution is -2.35. The monoisotopic (exact) mass is 483 g/mol. The number of alkyl halides is 3. The van der Waals surface area contributed by atoms with Crippen molar-refractivity contribution >= 4 is 21.7 Å². The first-order chi connectivity index (χ1) is 14.8. The number of carboxylic acids is 1. The molecule has 2 N–H and O–H groups in total. The molecule has 0 unspecified atom stereocenters. The van der Waals surface area contributed by atoms with Crippen molar-refractivity contribution in [2.45, 2.75) is 19.2 Å². The lowest BCUT2D eigenvalue weighted by atomic mass is 9.93. The van der Waals surface area contributed by atoms with E-state index in [1.165, 1.54) is 0 Å². The minimum absolute atomic E-state index is 0.0696. The van der Waals surface area contributed by atoms with Gasteiger partial charge in [-0.05, 0) is 12.1 Å². The van der Waals surface area contributed by atoms with Crippen LogP contribution >= 0.6 is 0 Å². The average Bonchev–Trinajstić information content (AvgIpc) is 3.40. The molecule has 2 aliphatic rings.